The maximum Gasteiger partial charge on any atom is 0.258 e. The van der Waals surface area contributed by atoms with Crippen LogP contribution >= 0.6 is 0 Å². The van der Waals surface area contributed by atoms with Crippen LogP contribution in [-0.4, -0.2) is 11.7 Å². The molecule has 194 valence electrons. The van der Waals surface area contributed by atoms with E-state index in [2.05, 4.69) is 124 Å². The summed E-state index contributed by atoms with van der Waals surface area (Å²) in [7, 11) is 0. The van der Waals surface area contributed by atoms with Gasteiger partial charge in [-0.15, -0.1) is 0 Å². The fourth-order valence-corrected chi connectivity index (χ4v) is 7.73. The van der Waals surface area contributed by atoms with Crippen molar-refractivity contribution in [2.24, 2.45) is 0 Å². The van der Waals surface area contributed by atoms with Crippen molar-refractivity contribution in [2.75, 3.05) is 4.90 Å². The number of pyridine rings is 1. The van der Waals surface area contributed by atoms with E-state index >= 15 is 0 Å². The molecule has 4 heteroatoms. The second kappa shape index (κ2) is 8.11. The van der Waals surface area contributed by atoms with E-state index < -0.39 is 0 Å². The first-order chi connectivity index (χ1) is 19.3. The molecule has 5 aromatic rings. The number of rotatable bonds is 2. The predicted octanol–water partition coefficient (Wildman–Crippen LogP) is 7.11. The number of fused-ring (bicyclic) bond motifs is 5. The summed E-state index contributed by atoms with van der Waals surface area (Å²) in [5.41, 5.74) is 11.5. The molecule has 1 aromatic heterocycles. The zero-order chi connectivity index (χ0) is 27.2. The van der Waals surface area contributed by atoms with Crippen LogP contribution < -0.4 is 26.0 Å². The molecule has 0 fully saturated rings. The van der Waals surface area contributed by atoms with E-state index in [-0.39, 0.29) is 17.5 Å². The summed E-state index contributed by atoms with van der Waals surface area (Å²) in [6.07, 6.45) is 3.02. The van der Waals surface area contributed by atoms with Gasteiger partial charge in [-0.3, -0.25) is 4.90 Å². The summed E-state index contributed by atoms with van der Waals surface area (Å²) in [5, 5.41) is 0. The number of benzene rings is 4. The second-order valence-corrected chi connectivity index (χ2v) is 12.7. The van der Waals surface area contributed by atoms with E-state index in [9.17, 15) is 0 Å². The summed E-state index contributed by atoms with van der Waals surface area (Å²) in [6.45, 7) is 9.65. The monoisotopic (exact) mass is 518 g/mol. The molecule has 2 aliphatic heterocycles. The molecule has 0 atom stereocenters. The minimum Gasteiger partial charge on any atom is -0.458 e. The Bertz CT molecular complexity index is 1820. The number of anilines is 3. The standard InChI is InChI=1S/C36H31BN2O/c1-35(2)22-36(3,4)26-21-30-28(20-25(26)35)37-27-15-9-11-17-31(27)40-32-18-19-38-34(33(32)37)39(30)29-16-10-8-14-24(29)23-12-6-5-7-13-23/h5-21H,22H2,1-4H3. The Morgan fingerprint density at radius 2 is 1.40 bits per heavy atom. The molecule has 3 heterocycles. The van der Waals surface area contributed by atoms with E-state index in [1.54, 1.807) is 0 Å². The Hall–Kier alpha value is -4.31. The van der Waals surface area contributed by atoms with Gasteiger partial charge < -0.3 is 4.74 Å². The van der Waals surface area contributed by atoms with E-state index in [0.29, 0.717) is 0 Å². The smallest absolute Gasteiger partial charge is 0.258 e. The van der Waals surface area contributed by atoms with Crippen molar-refractivity contribution in [3.8, 4) is 22.6 Å². The third-order valence-corrected chi connectivity index (χ3v) is 9.17. The van der Waals surface area contributed by atoms with Crippen molar-refractivity contribution in [3.63, 3.8) is 0 Å². The summed E-state index contributed by atoms with van der Waals surface area (Å²) >= 11 is 0. The lowest BCUT2D eigenvalue weighted by Gasteiger charge is -2.40. The summed E-state index contributed by atoms with van der Waals surface area (Å²) < 4.78 is 6.54. The molecule has 1 aliphatic carbocycles. The number of hydrogen-bond donors (Lipinski definition) is 0. The molecule has 40 heavy (non-hydrogen) atoms. The molecule has 0 spiro atoms. The van der Waals surface area contributed by atoms with E-state index in [1.165, 1.54) is 38.9 Å². The van der Waals surface area contributed by atoms with Gasteiger partial charge >= 0.3 is 0 Å². The van der Waals surface area contributed by atoms with Gasteiger partial charge in [0.25, 0.3) is 6.71 Å². The van der Waals surface area contributed by atoms with Crippen molar-refractivity contribution < 1.29 is 4.74 Å². The first-order valence-electron chi connectivity index (χ1n) is 14.2. The van der Waals surface area contributed by atoms with E-state index in [1.807, 2.05) is 12.3 Å². The average Bonchev–Trinajstić information content (AvgIpc) is 3.15. The van der Waals surface area contributed by atoms with Crippen LogP contribution in [0.1, 0.15) is 45.2 Å². The highest BCUT2D eigenvalue weighted by Gasteiger charge is 2.47. The summed E-state index contributed by atoms with van der Waals surface area (Å²) in [4.78, 5) is 7.48. The Morgan fingerprint density at radius 1 is 0.700 bits per heavy atom. The minimum absolute atomic E-state index is 0.0589. The molecule has 4 aromatic carbocycles. The average molecular weight is 518 g/mol. The van der Waals surface area contributed by atoms with Crippen LogP contribution in [0, 0.1) is 0 Å². The van der Waals surface area contributed by atoms with Crippen molar-refractivity contribution in [1.82, 2.24) is 4.98 Å². The first-order valence-corrected chi connectivity index (χ1v) is 14.2. The number of hydrogen-bond acceptors (Lipinski definition) is 3. The van der Waals surface area contributed by atoms with Crippen LogP contribution in [0.3, 0.4) is 0 Å². The van der Waals surface area contributed by atoms with Gasteiger partial charge in [0.05, 0.1) is 5.69 Å². The fraction of sp³-hybridized carbons (Fsp3) is 0.194. The number of para-hydroxylation sites is 2. The molecule has 0 N–H and O–H groups in total. The molecule has 0 saturated heterocycles. The van der Waals surface area contributed by atoms with Crippen molar-refractivity contribution in [3.05, 3.63) is 114 Å². The quantitative estimate of drug-likeness (QED) is 0.228. The molecular weight excluding hydrogens is 487 g/mol. The molecule has 0 bridgehead atoms. The SMILES string of the molecule is CC1(C)CC(C)(C)c2cc3c(cc21)B1c2ccccc2Oc2ccnc(c21)N3c1ccccc1-c1ccccc1. The van der Waals surface area contributed by atoms with Crippen molar-refractivity contribution in [1.29, 1.82) is 0 Å². The Kier molecular flexibility index (Phi) is 4.78. The lowest BCUT2D eigenvalue weighted by Crippen LogP contribution is -2.60. The van der Waals surface area contributed by atoms with Gasteiger partial charge in [-0.1, -0.05) is 100 Å². The van der Waals surface area contributed by atoms with Gasteiger partial charge in [-0.2, -0.15) is 0 Å². The highest BCUT2D eigenvalue weighted by molar-refractivity contribution is 6.99. The van der Waals surface area contributed by atoms with Crippen LogP contribution in [0.15, 0.2) is 103 Å². The molecule has 3 aliphatic rings. The van der Waals surface area contributed by atoms with Crippen LogP contribution in [0.2, 0.25) is 0 Å². The lowest BCUT2D eigenvalue weighted by molar-refractivity contribution is 0.403. The zero-order valence-corrected chi connectivity index (χ0v) is 23.4. The first kappa shape index (κ1) is 23.6. The van der Waals surface area contributed by atoms with Gasteiger partial charge in [-0.25, -0.2) is 4.98 Å². The van der Waals surface area contributed by atoms with Gasteiger partial charge in [0, 0.05) is 22.9 Å². The predicted molar refractivity (Wildman–Crippen MR) is 166 cm³/mol. The third-order valence-electron chi connectivity index (χ3n) is 9.17. The summed E-state index contributed by atoms with van der Waals surface area (Å²) in [6, 6.07) is 34.9. The Labute approximate surface area is 236 Å². The van der Waals surface area contributed by atoms with Crippen LogP contribution in [0.4, 0.5) is 17.2 Å². The van der Waals surface area contributed by atoms with Gasteiger partial charge in [0.15, 0.2) is 0 Å². The van der Waals surface area contributed by atoms with Gasteiger partial charge in [-0.05, 0) is 69.1 Å². The molecule has 0 unspecified atom stereocenters. The molecule has 3 nitrogen and oxygen atoms in total. The van der Waals surface area contributed by atoms with Crippen LogP contribution in [0.25, 0.3) is 11.1 Å². The van der Waals surface area contributed by atoms with E-state index in [0.717, 1.165) is 34.9 Å². The Balaban J connectivity index is 1.48. The summed E-state index contributed by atoms with van der Waals surface area (Å²) in [5.74, 6) is 2.77. The van der Waals surface area contributed by atoms with Gasteiger partial charge in [0.2, 0.25) is 0 Å². The normalized spacial score (nSPS) is 16.9. The number of nitrogens with zero attached hydrogens (tertiary/aromatic N) is 2. The minimum atomic E-state index is 0.0589. The third kappa shape index (κ3) is 3.22. The molecule has 0 saturated carbocycles. The molecule has 0 radical (unpaired) electrons. The number of aromatic nitrogens is 1. The highest BCUT2D eigenvalue weighted by Crippen LogP contribution is 2.52. The largest absolute Gasteiger partial charge is 0.458 e. The maximum absolute atomic E-state index is 6.54. The van der Waals surface area contributed by atoms with Crippen molar-refractivity contribution >= 4 is 40.3 Å². The van der Waals surface area contributed by atoms with Crippen LogP contribution in [-0.2, 0) is 10.8 Å². The number of ether oxygens (including phenoxy) is 1. The van der Waals surface area contributed by atoms with E-state index in [4.69, 9.17) is 9.72 Å². The maximum atomic E-state index is 6.54. The zero-order valence-electron chi connectivity index (χ0n) is 23.4. The lowest BCUT2D eigenvalue weighted by atomic mass is 9.34. The van der Waals surface area contributed by atoms with Crippen molar-refractivity contribution in [2.45, 2.75) is 44.9 Å². The molecular formula is C36H31BN2O. The topological polar surface area (TPSA) is 25.4 Å². The fourth-order valence-electron chi connectivity index (χ4n) is 7.73. The Morgan fingerprint density at radius 3 is 2.23 bits per heavy atom. The van der Waals surface area contributed by atoms with Crippen LogP contribution in [0.5, 0.6) is 11.5 Å². The highest BCUT2D eigenvalue weighted by atomic mass is 16.5. The van der Waals surface area contributed by atoms with Gasteiger partial charge in [0.1, 0.15) is 17.3 Å². The molecule has 0 amide bonds. The molecule has 8 rings (SSSR count). The second-order valence-electron chi connectivity index (χ2n) is 12.7.